The molecule has 5 heteroatoms. The number of ether oxygens (including phenoxy) is 1. The number of aryl methyl sites for hydroxylation is 1. The van der Waals surface area contributed by atoms with Crippen molar-refractivity contribution in [2.75, 3.05) is 7.11 Å². The molecule has 0 amide bonds. The summed E-state index contributed by atoms with van der Waals surface area (Å²) in [7, 11) is 3.07. The number of esters is 1. The second-order valence-electron chi connectivity index (χ2n) is 4.08. The Kier molecular flexibility index (Phi) is 2.43. The second kappa shape index (κ2) is 3.63. The maximum Gasteiger partial charge on any atom is 0.358 e. The Labute approximate surface area is 93.6 Å². The molecule has 2 rings (SSSR count). The van der Waals surface area contributed by atoms with E-state index in [2.05, 4.69) is 15.9 Å². The minimum Gasteiger partial charge on any atom is -0.464 e. The fourth-order valence-electron chi connectivity index (χ4n) is 2.07. The zero-order valence-electron chi connectivity index (χ0n) is 9.36. The Morgan fingerprint density at radius 1 is 1.69 bits per heavy atom. The first kappa shape index (κ1) is 10.7. The van der Waals surface area contributed by atoms with E-state index in [-0.39, 0.29) is 5.69 Å². The minimum absolute atomic E-state index is 0.265. The standard InChI is InChI=1S/C11H13N3O2/c1-14-9(11(7-12)4-3-5-11)6-8(13-14)10(15)16-2/h6H,3-5H2,1-2H3. The van der Waals surface area contributed by atoms with Crippen molar-refractivity contribution in [2.24, 2.45) is 7.05 Å². The van der Waals surface area contributed by atoms with Crippen LogP contribution in [0.2, 0.25) is 0 Å². The molecule has 1 saturated carbocycles. The highest BCUT2D eigenvalue weighted by Crippen LogP contribution is 2.43. The molecule has 0 aromatic carbocycles. The topological polar surface area (TPSA) is 67.9 Å². The van der Waals surface area contributed by atoms with Crippen molar-refractivity contribution < 1.29 is 9.53 Å². The molecular weight excluding hydrogens is 206 g/mol. The normalized spacial score (nSPS) is 17.3. The van der Waals surface area contributed by atoms with Gasteiger partial charge in [-0.3, -0.25) is 4.68 Å². The van der Waals surface area contributed by atoms with Crippen LogP contribution in [0.4, 0.5) is 0 Å². The van der Waals surface area contributed by atoms with Crippen LogP contribution in [0, 0.1) is 11.3 Å². The highest BCUT2D eigenvalue weighted by Gasteiger charge is 2.42. The molecule has 16 heavy (non-hydrogen) atoms. The van der Waals surface area contributed by atoms with Gasteiger partial charge in [-0.2, -0.15) is 10.4 Å². The third-order valence-corrected chi connectivity index (χ3v) is 3.19. The van der Waals surface area contributed by atoms with Crippen molar-refractivity contribution in [3.63, 3.8) is 0 Å². The van der Waals surface area contributed by atoms with E-state index in [4.69, 9.17) is 0 Å². The lowest BCUT2D eigenvalue weighted by Gasteiger charge is -2.34. The molecular formula is C11H13N3O2. The maximum atomic E-state index is 11.3. The van der Waals surface area contributed by atoms with Crippen LogP contribution in [-0.2, 0) is 17.2 Å². The van der Waals surface area contributed by atoms with Gasteiger partial charge >= 0.3 is 5.97 Å². The Bertz CT molecular complexity index is 466. The van der Waals surface area contributed by atoms with Crippen molar-refractivity contribution in [2.45, 2.75) is 24.7 Å². The van der Waals surface area contributed by atoms with E-state index in [1.807, 2.05) is 0 Å². The fraction of sp³-hybridized carbons (Fsp3) is 0.545. The van der Waals surface area contributed by atoms with Crippen molar-refractivity contribution >= 4 is 5.97 Å². The number of nitrogens with zero attached hydrogens (tertiary/aromatic N) is 3. The summed E-state index contributed by atoms with van der Waals surface area (Å²) < 4.78 is 6.21. The van der Waals surface area contributed by atoms with E-state index in [0.29, 0.717) is 0 Å². The lowest BCUT2D eigenvalue weighted by molar-refractivity contribution is 0.0593. The van der Waals surface area contributed by atoms with E-state index in [9.17, 15) is 10.1 Å². The number of methoxy groups -OCH3 is 1. The number of hydrogen-bond donors (Lipinski definition) is 0. The molecule has 1 aromatic heterocycles. The van der Waals surface area contributed by atoms with Crippen molar-refractivity contribution in [1.29, 1.82) is 5.26 Å². The Balaban J connectivity index is 2.39. The average molecular weight is 219 g/mol. The first-order valence-corrected chi connectivity index (χ1v) is 5.17. The summed E-state index contributed by atoms with van der Waals surface area (Å²) in [6.07, 6.45) is 2.72. The van der Waals surface area contributed by atoms with Gasteiger partial charge in [0.15, 0.2) is 5.69 Å². The van der Waals surface area contributed by atoms with E-state index in [1.165, 1.54) is 7.11 Å². The van der Waals surface area contributed by atoms with Crippen LogP contribution in [0.1, 0.15) is 35.4 Å². The summed E-state index contributed by atoms with van der Waals surface area (Å²) in [5.74, 6) is -0.464. The van der Waals surface area contributed by atoms with Gasteiger partial charge in [-0.05, 0) is 25.3 Å². The largest absolute Gasteiger partial charge is 0.464 e. The predicted octanol–water partition coefficient (Wildman–Crippen LogP) is 1.15. The molecule has 1 fully saturated rings. The second-order valence-corrected chi connectivity index (χ2v) is 4.08. The quantitative estimate of drug-likeness (QED) is 0.700. The molecule has 1 heterocycles. The molecule has 1 aliphatic rings. The Morgan fingerprint density at radius 3 is 2.81 bits per heavy atom. The van der Waals surface area contributed by atoms with Crippen LogP contribution >= 0.6 is 0 Å². The lowest BCUT2D eigenvalue weighted by Crippen LogP contribution is -2.34. The number of carbonyl (C=O) groups is 1. The van der Waals surface area contributed by atoms with Gasteiger partial charge in [0.25, 0.3) is 0 Å². The summed E-state index contributed by atoms with van der Waals surface area (Å²) in [5.41, 5.74) is 0.622. The third kappa shape index (κ3) is 1.38. The van der Waals surface area contributed by atoms with Crippen LogP contribution in [0.3, 0.4) is 0 Å². The Morgan fingerprint density at radius 2 is 2.38 bits per heavy atom. The lowest BCUT2D eigenvalue weighted by atomic mass is 9.67. The van der Waals surface area contributed by atoms with E-state index in [1.54, 1.807) is 17.8 Å². The van der Waals surface area contributed by atoms with Crippen LogP contribution in [0.25, 0.3) is 0 Å². The van der Waals surface area contributed by atoms with Crippen LogP contribution in [0.15, 0.2) is 6.07 Å². The molecule has 0 aliphatic heterocycles. The van der Waals surface area contributed by atoms with E-state index < -0.39 is 11.4 Å². The molecule has 1 aliphatic carbocycles. The van der Waals surface area contributed by atoms with Gasteiger partial charge in [0.05, 0.1) is 24.3 Å². The summed E-state index contributed by atoms with van der Waals surface area (Å²) in [6, 6.07) is 3.99. The highest BCUT2D eigenvalue weighted by molar-refractivity contribution is 5.87. The third-order valence-electron chi connectivity index (χ3n) is 3.19. The maximum absolute atomic E-state index is 11.3. The number of nitriles is 1. The molecule has 0 N–H and O–H groups in total. The predicted molar refractivity (Wildman–Crippen MR) is 55.7 cm³/mol. The Hall–Kier alpha value is -1.83. The van der Waals surface area contributed by atoms with Gasteiger partial charge in [0, 0.05) is 7.05 Å². The smallest absolute Gasteiger partial charge is 0.358 e. The van der Waals surface area contributed by atoms with Gasteiger partial charge in [0.1, 0.15) is 0 Å². The van der Waals surface area contributed by atoms with Gasteiger partial charge in [0.2, 0.25) is 0 Å². The molecule has 0 bridgehead atoms. The molecule has 84 valence electrons. The molecule has 0 unspecified atom stereocenters. The fourth-order valence-corrected chi connectivity index (χ4v) is 2.07. The molecule has 0 spiro atoms. The molecule has 1 aromatic rings. The van der Waals surface area contributed by atoms with Crippen LogP contribution in [0.5, 0.6) is 0 Å². The molecule has 5 nitrogen and oxygen atoms in total. The van der Waals surface area contributed by atoms with Crippen molar-refractivity contribution in [1.82, 2.24) is 9.78 Å². The van der Waals surface area contributed by atoms with E-state index in [0.717, 1.165) is 25.0 Å². The zero-order valence-corrected chi connectivity index (χ0v) is 9.36. The number of carbonyl (C=O) groups excluding carboxylic acids is 1. The molecule has 0 radical (unpaired) electrons. The van der Waals surface area contributed by atoms with Crippen LogP contribution in [-0.4, -0.2) is 22.9 Å². The minimum atomic E-state index is -0.464. The first-order valence-electron chi connectivity index (χ1n) is 5.17. The van der Waals surface area contributed by atoms with Crippen molar-refractivity contribution in [3.8, 4) is 6.07 Å². The molecule has 0 atom stereocenters. The van der Waals surface area contributed by atoms with E-state index >= 15 is 0 Å². The van der Waals surface area contributed by atoms with Crippen LogP contribution < -0.4 is 0 Å². The van der Waals surface area contributed by atoms with Gasteiger partial charge < -0.3 is 4.74 Å². The zero-order chi connectivity index (χ0) is 11.8. The first-order chi connectivity index (χ1) is 7.63. The summed E-state index contributed by atoms with van der Waals surface area (Å²) in [5, 5.41) is 13.3. The summed E-state index contributed by atoms with van der Waals surface area (Å²) >= 11 is 0. The average Bonchev–Trinajstić information content (AvgIpc) is 2.60. The van der Waals surface area contributed by atoms with Gasteiger partial charge in [-0.25, -0.2) is 4.79 Å². The SMILES string of the molecule is COC(=O)c1cc(C2(C#N)CCC2)n(C)n1. The number of hydrogen-bond acceptors (Lipinski definition) is 4. The van der Waals surface area contributed by atoms with Gasteiger partial charge in [-0.15, -0.1) is 0 Å². The molecule has 0 saturated heterocycles. The number of aromatic nitrogens is 2. The van der Waals surface area contributed by atoms with Gasteiger partial charge in [-0.1, -0.05) is 0 Å². The number of rotatable bonds is 2. The highest BCUT2D eigenvalue weighted by atomic mass is 16.5. The van der Waals surface area contributed by atoms with Crippen molar-refractivity contribution in [3.05, 3.63) is 17.5 Å². The summed E-state index contributed by atoms with van der Waals surface area (Å²) in [4.78, 5) is 11.3. The monoisotopic (exact) mass is 219 g/mol. The summed E-state index contributed by atoms with van der Waals surface area (Å²) in [6.45, 7) is 0.